The lowest BCUT2D eigenvalue weighted by molar-refractivity contribution is 0.392. The summed E-state index contributed by atoms with van der Waals surface area (Å²) in [5, 5.41) is 11.8. The van der Waals surface area contributed by atoms with Gasteiger partial charge in [0.2, 0.25) is 11.8 Å². The van der Waals surface area contributed by atoms with Crippen LogP contribution >= 0.6 is 0 Å². The summed E-state index contributed by atoms with van der Waals surface area (Å²) in [6.07, 6.45) is 5.20. The Bertz CT molecular complexity index is 579. The van der Waals surface area contributed by atoms with Gasteiger partial charge in [0.25, 0.3) is 0 Å². The van der Waals surface area contributed by atoms with E-state index in [0.29, 0.717) is 5.92 Å². The van der Waals surface area contributed by atoms with Crippen LogP contribution in [0.25, 0.3) is 0 Å². The van der Waals surface area contributed by atoms with Crippen molar-refractivity contribution < 1.29 is 4.42 Å². The SMILES string of the molecule is CCCNCCc1nnc(C2CCc3ccccc3C2)o1. The molecular weight excluding hydrogens is 262 g/mol. The van der Waals surface area contributed by atoms with Crippen molar-refractivity contribution >= 4 is 0 Å². The van der Waals surface area contributed by atoms with Gasteiger partial charge in [-0.05, 0) is 43.4 Å². The molecule has 1 unspecified atom stereocenters. The summed E-state index contributed by atoms with van der Waals surface area (Å²) < 4.78 is 5.86. The standard InChI is InChI=1S/C17H23N3O/c1-2-10-18-11-9-16-19-20-17(21-16)15-8-7-13-5-3-4-6-14(13)12-15/h3-6,15,18H,2,7-12H2,1H3. The van der Waals surface area contributed by atoms with Crippen LogP contribution in [0.2, 0.25) is 0 Å². The van der Waals surface area contributed by atoms with Gasteiger partial charge < -0.3 is 9.73 Å². The third-order valence-corrected chi connectivity index (χ3v) is 4.12. The van der Waals surface area contributed by atoms with Crippen molar-refractivity contribution in [2.45, 2.75) is 44.9 Å². The Kier molecular flexibility index (Phi) is 4.65. The third kappa shape index (κ3) is 3.50. The highest BCUT2D eigenvalue weighted by Gasteiger charge is 2.24. The van der Waals surface area contributed by atoms with E-state index in [1.807, 2.05) is 0 Å². The lowest BCUT2D eigenvalue weighted by Crippen LogP contribution is -2.17. The van der Waals surface area contributed by atoms with Crippen molar-refractivity contribution in [3.8, 4) is 0 Å². The number of benzene rings is 1. The number of hydrogen-bond donors (Lipinski definition) is 1. The van der Waals surface area contributed by atoms with E-state index in [-0.39, 0.29) is 0 Å². The molecule has 3 rings (SSSR count). The molecule has 4 nitrogen and oxygen atoms in total. The van der Waals surface area contributed by atoms with Crippen LogP contribution < -0.4 is 5.32 Å². The molecule has 1 N–H and O–H groups in total. The molecule has 0 spiro atoms. The first kappa shape index (κ1) is 14.3. The number of nitrogens with zero attached hydrogens (tertiary/aromatic N) is 2. The van der Waals surface area contributed by atoms with E-state index in [9.17, 15) is 0 Å². The highest BCUT2D eigenvalue weighted by molar-refractivity contribution is 5.31. The second-order valence-corrected chi connectivity index (χ2v) is 5.74. The Morgan fingerprint density at radius 2 is 2.05 bits per heavy atom. The summed E-state index contributed by atoms with van der Waals surface area (Å²) >= 11 is 0. The van der Waals surface area contributed by atoms with Gasteiger partial charge in [0, 0.05) is 18.9 Å². The van der Waals surface area contributed by atoms with E-state index in [4.69, 9.17) is 4.42 Å². The fraction of sp³-hybridized carbons (Fsp3) is 0.529. The molecule has 112 valence electrons. The minimum atomic E-state index is 0.379. The van der Waals surface area contributed by atoms with Crippen molar-refractivity contribution in [2.24, 2.45) is 0 Å². The number of rotatable bonds is 6. The molecular formula is C17H23N3O. The zero-order valence-electron chi connectivity index (χ0n) is 12.6. The first-order valence-electron chi connectivity index (χ1n) is 7.96. The van der Waals surface area contributed by atoms with Gasteiger partial charge in [-0.1, -0.05) is 31.2 Å². The lowest BCUT2D eigenvalue weighted by Gasteiger charge is -2.21. The zero-order chi connectivity index (χ0) is 14.5. The normalized spacial score (nSPS) is 17.7. The molecule has 4 heteroatoms. The van der Waals surface area contributed by atoms with E-state index in [1.165, 1.54) is 11.1 Å². The van der Waals surface area contributed by atoms with Gasteiger partial charge in [-0.3, -0.25) is 0 Å². The summed E-state index contributed by atoms with van der Waals surface area (Å²) in [6.45, 7) is 4.11. The number of aromatic nitrogens is 2. The second kappa shape index (κ2) is 6.85. The molecule has 1 aromatic carbocycles. The maximum Gasteiger partial charge on any atom is 0.219 e. The molecule has 0 fully saturated rings. The van der Waals surface area contributed by atoms with Crippen LogP contribution in [0.4, 0.5) is 0 Å². The van der Waals surface area contributed by atoms with Crippen LogP contribution in [0.5, 0.6) is 0 Å². The molecule has 0 bridgehead atoms. The molecule has 1 heterocycles. The quantitative estimate of drug-likeness (QED) is 0.829. The molecule has 2 aromatic rings. The van der Waals surface area contributed by atoms with Gasteiger partial charge >= 0.3 is 0 Å². The van der Waals surface area contributed by atoms with E-state index < -0.39 is 0 Å². The first-order chi connectivity index (χ1) is 10.4. The highest BCUT2D eigenvalue weighted by atomic mass is 16.4. The van der Waals surface area contributed by atoms with E-state index in [1.54, 1.807) is 0 Å². The minimum absolute atomic E-state index is 0.379. The average molecular weight is 285 g/mol. The van der Waals surface area contributed by atoms with Gasteiger partial charge in [-0.2, -0.15) is 0 Å². The Morgan fingerprint density at radius 3 is 2.90 bits per heavy atom. The van der Waals surface area contributed by atoms with Crippen LogP contribution in [0.3, 0.4) is 0 Å². The van der Waals surface area contributed by atoms with Crippen LogP contribution in [0, 0.1) is 0 Å². The summed E-state index contributed by atoms with van der Waals surface area (Å²) in [5.41, 5.74) is 2.90. The minimum Gasteiger partial charge on any atom is -0.425 e. The predicted molar refractivity (Wildman–Crippen MR) is 82.4 cm³/mol. The number of aryl methyl sites for hydroxylation is 1. The molecule has 0 radical (unpaired) electrons. The summed E-state index contributed by atoms with van der Waals surface area (Å²) in [4.78, 5) is 0. The summed E-state index contributed by atoms with van der Waals surface area (Å²) in [7, 11) is 0. The molecule has 0 amide bonds. The van der Waals surface area contributed by atoms with Crippen LogP contribution in [-0.2, 0) is 19.3 Å². The van der Waals surface area contributed by atoms with Gasteiger partial charge in [-0.25, -0.2) is 0 Å². The van der Waals surface area contributed by atoms with Gasteiger partial charge in [0.1, 0.15) is 0 Å². The Balaban J connectivity index is 1.59. The van der Waals surface area contributed by atoms with Gasteiger partial charge in [-0.15, -0.1) is 10.2 Å². The highest BCUT2D eigenvalue weighted by Crippen LogP contribution is 2.31. The summed E-state index contributed by atoms with van der Waals surface area (Å²) in [5.74, 6) is 1.95. The van der Waals surface area contributed by atoms with Gasteiger partial charge in [0.05, 0.1) is 0 Å². The molecule has 0 aliphatic heterocycles. The fourth-order valence-electron chi connectivity index (χ4n) is 2.94. The Labute approximate surface area is 126 Å². The predicted octanol–water partition coefficient (Wildman–Crippen LogP) is 2.88. The van der Waals surface area contributed by atoms with Crippen LogP contribution in [-0.4, -0.2) is 23.3 Å². The second-order valence-electron chi connectivity index (χ2n) is 5.74. The van der Waals surface area contributed by atoms with Crippen LogP contribution in [0.1, 0.15) is 48.6 Å². The average Bonchev–Trinajstić information content (AvgIpc) is 3.00. The fourth-order valence-corrected chi connectivity index (χ4v) is 2.94. The third-order valence-electron chi connectivity index (χ3n) is 4.12. The van der Waals surface area contributed by atoms with E-state index in [2.05, 4.69) is 46.7 Å². The first-order valence-corrected chi connectivity index (χ1v) is 7.96. The Hall–Kier alpha value is -1.68. The molecule has 21 heavy (non-hydrogen) atoms. The van der Waals surface area contributed by atoms with Crippen molar-refractivity contribution in [1.82, 2.24) is 15.5 Å². The molecule has 1 aromatic heterocycles. The molecule has 1 aliphatic carbocycles. The van der Waals surface area contributed by atoms with Crippen molar-refractivity contribution in [2.75, 3.05) is 13.1 Å². The number of nitrogens with one attached hydrogen (secondary N) is 1. The number of fused-ring (bicyclic) bond motifs is 1. The summed E-state index contributed by atoms with van der Waals surface area (Å²) in [6, 6.07) is 8.67. The monoisotopic (exact) mass is 285 g/mol. The van der Waals surface area contributed by atoms with E-state index >= 15 is 0 Å². The van der Waals surface area contributed by atoms with E-state index in [0.717, 1.165) is 57.0 Å². The van der Waals surface area contributed by atoms with Crippen molar-refractivity contribution in [3.63, 3.8) is 0 Å². The van der Waals surface area contributed by atoms with Gasteiger partial charge in [0.15, 0.2) is 0 Å². The number of hydrogen-bond acceptors (Lipinski definition) is 4. The molecule has 0 saturated heterocycles. The molecule has 1 atom stereocenters. The topological polar surface area (TPSA) is 51.0 Å². The molecule has 1 aliphatic rings. The van der Waals surface area contributed by atoms with Crippen molar-refractivity contribution in [1.29, 1.82) is 0 Å². The van der Waals surface area contributed by atoms with Crippen LogP contribution in [0.15, 0.2) is 28.7 Å². The maximum atomic E-state index is 5.86. The maximum absolute atomic E-state index is 5.86. The smallest absolute Gasteiger partial charge is 0.219 e. The molecule has 0 saturated carbocycles. The lowest BCUT2D eigenvalue weighted by atomic mass is 9.84. The largest absolute Gasteiger partial charge is 0.425 e. The van der Waals surface area contributed by atoms with Crippen molar-refractivity contribution in [3.05, 3.63) is 47.2 Å². The Morgan fingerprint density at radius 1 is 1.19 bits per heavy atom. The zero-order valence-corrected chi connectivity index (χ0v) is 12.6.